The van der Waals surface area contributed by atoms with E-state index in [2.05, 4.69) is 26.1 Å². The van der Waals surface area contributed by atoms with Gasteiger partial charge in [0.05, 0.1) is 12.7 Å². The summed E-state index contributed by atoms with van der Waals surface area (Å²) < 4.78 is 6.00. The third-order valence-corrected chi connectivity index (χ3v) is 4.52. The van der Waals surface area contributed by atoms with E-state index in [-0.39, 0.29) is 12.1 Å². The van der Waals surface area contributed by atoms with E-state index in [1.54, 1.807) is 0 Å². The van der Waals surface area contributed by atoms with Crippen LogP contribution in [0.15, 0.2) is 0 Å². The quantitative estimate of drug-likeness (QED) is 0.604. The summed E-state index contributed by atoms with van der Waals surface area (Å²) in [5.74, 6) is 0.838. The second kappa shape index (κ2) is 9.75. The molecule has 3 atom stereocenters. The van der Waals surface area contributed by atoms with E-state index >= 15 is 0 Å². The van der Waals surface area contributed by atoms with E-state index in [4.69, 9.17) is 4.74 Å². The minimum Gasteiger partial charge on any atom is -0.394 e. The first-order valence-electron chi connectivity index (χ1n) is 8.57. The molecule has 0 aromatic rings. The van der Waals surface area contributed by atoms with Crippen LogP contribution in [0.1, 0.15) is 72.1 Å². The third kappa shape index (κ3) is 7.05. The zero-order valence-corrected chi connectivity index (χ0v) is 13.8. The maximum absolute atomic E-state index is 9.51. The first-order chi connectivity index (χ1) is 9.59. The molecule has 0 radical (unpaired) electrons. The van der Waals surface area contributed by atoms with Crippen LogP contribution in [0, 0.1) is 5.92 Å². The number of aliphatic hydroxyl groups is 1. The molecule has 0 amide bonds. The monoisotopic (exact) mass is 285 g/mol. The normalized spacial score (nSPS) is 26.4. The van der Waals surface area contributed by atoms with Gasteiger partial charge in [-0.1, -0.05) is 26.7 Å². The second-order valence-corrected chi connectivity index (χ2v) is 6.87. The number of unbranched alkanes of at least 4 members (excludes halogenated alkanes) is 1. The summed E-state index contributed by atoms with van der Waals surface area (Å²) in [6.45, 7) is 8.69. The van der Waals surface area contributed by atoms with Gasteiger partial charge in [0.15, 0.2) is 0 Å². The minimum atomic E-state index is -0.116. The van der Waals surface area contributed by atoms with Crippen molar-refractivity contribution in [2.45, 2.75) is 83.8 Å². The highest BCUT2D eigenvalue weighted by atomic mass is 16.5. The van der Waals surface area contributed by atoms with Crippen LogP contribution < -0.4 is 5.32 Å². The van der Waals surface area contributed by atoms with E-state index in [1.807, 2.05) is 0 Å². The number of nitrogens with one attached hydrogen (secondary N) is 1. The van der Waals surface area contributed by atoms with Crippen LogP contribution in [0.2, 0.25) is 0 Å². The standard InChI is InChI=1S/C17H35NO2/c1-4-11-18-17(3,14-19)10-5-6-12-20-16-9-7-8-15(2)13-16/h15-16,18-19H,4-14H2,1-3H3. The Hall–Kier alpha value is -0.120. The smallest absolute Gasteiger partial charge is 0.0610 e. The number of hydrogen-bond acceptors (Lipinski definition) is 3. The molecular formula is C17H35NO2. The Morgan fingerprint density at radius 1 is 1.30 bits per heavy atom. The summed E-state index contributed by atoms with van der Waals surface area (Å²) >= 11 is 0. The van der Waals surface area contributed by atoms with Crippen molar-refractivity contribution in [1.29, 1.82) is 0 Å². The SMILES string of the molecule is CCCNC(C)(CO)CCCCOC1CCCC(C)C1. The van der Waals surface area contributed by atoms with E-state index in [1.165, 1.54) is 25.7 Å². The average Bonchev–Trinajstić information content (AvgIpc) is 2.45. The van der Waals surface area contributed by atoms with Crippen LogP contribution in [-0.4, -0.2) is 36.5 Å². The maximum Gasteiger partial charge on any atom is 0.0610 e. The third-order valence-electron chi connectivity index (χ3n) is 4.52. The van der Waals surface area contributed by atoms with Gasteiger partial charge in [-0.3, -0.25) is 0 Å². The average molecular weight is 285 g/mol. The largest absolute Gasteiger partial charge is 0.394 e. The Morgan fingerprint density at radius 2 is 2.10 bits per heavy atom. The van der Waals surface area contributed by atoms with Gasteiger partial charge in [0, 0.05) is 12.1 Å². The Labute approximate surface area is 125 Å². The van der Waals surface area contributed by atoms with Crippen molar-refractivity contribution >= 4 is 0 Å². The molecule has 120 valence electrons. The molecule has 3 unspecified atom stereocenters. The van der Waals surface area contributed by atoms with Gasteiger partial charge < -0.3 is 15.2 Å². The molecule has 0 aromatic carbocycles. The summed E-state index contributed by atoms with van der Waals surface area (Å²) in [5.41, 5.74) is -0.116. The highest BCUT2D eigenvalue weighted by Gasteiger charge is 2.22. The molecule has 0 aromatic heterocycles. The second-order valence-electron chi connectivity index (χ2n) is 6.87. The molecule has 0 bridgehead atoms. The molecule has 1 aliphatic carbocycles. The van der Waals surface area contributed by atoms with Gasteiger partial charge in [-0.05, 0) is 57.9 Å². The van der Waals surface area contributed by atoms with Crippen molar-refractivity contribution in [2.75, 3.05) is 19.8 Å². The molecule has 2 N–H and O–H groups in total. The number of rotatable bonds is 10. The highest BCUT2D eigenvalue weighted by molar-refractivity contribution is 4.81. The lowest BCUT2D eigenvalue weighted by atomic mass is 9.89. The first kappa shape index (κ1) is 17.9. The van der Waals surface area contributed by atoms with Gasteiger partial charge in [-0.15, -0.1) is 0 Å². The Bertz CT molecular complexity index is 247. The first-order valence-corrected chi connectivity index (χ1v) is 8.57. The van der Waals surface area contributed by atoms with Crippen LogP contribution in [-0.2, 0) is 4.74 Å². The van der Waals surface area contributed by atoms with Gasteiger partial charge in [-0.25, -0.2) is 0 Å². The number of aliphatic hydroxyl groups excluding tert-OH is 1. The lowest BCUT2D eigenvalue weighted by molar-refractivity contribution is 0.0128. The summed E-state index contributed by atoms with van der Waals surface area (Å²) in [7, 11) is 0. The molecule has 0 spiro atoms. The molecule has 3 heteroatoms. The summed E-state index contributed by atoms with van der Waals surface area (Å²) in [5, 5.41) is 13.0. The predicted octanol–water partition coefficient (Wildman–Crippen LogP) is 3.50. The van der Waals surface area contributed by atoms with Crippen LogP contribution in [0.4, 0.5) is 0 Å². The lowest BCUT2D eigenvalue weighted by Crippen LogP contribution is -2.46. The Morgan fingerprint density at radius 3 is 2.75 bits per heavy atom. The molecule has 1 rings (SSSR count). The highest BCUT2D eigenvalue weighted by Crippen LogP contribution is 2.26. The van der Waals surface area contributed by atoms with Crippen LogP contribution in [0.3, 0.4) is 0 Å². The van der Waals surface area contributed by atoms with Crippen molar-refractivity contribution in [3.05, 3.63) is 0 Å². The Kier molecular flexibility index (Phi) is 8.74. The van der Waals surface area contributed by atoms with Gasteiger partial charge in [0.1, 0.15) is 0 Å². The maximum atomic E-state index is 9.51. The summed E-state index contributed by atoms with van der Waals surface area (Å²) in [6, 6.07) is 0. The van der Waals surface area contributed by atoms with E-state index in [0.29, 0.717) is 6.10 Å². The predicted molar refractivity (Wildman–Crippen MR) is 85.0 cm³/mol. The Balaban J connectivity index is 2.08. The van der Waals surface area contributed by atoms with Gasteiger partial charge in [0.2, 0.25) is 0 Å². The van der Waals surface area contributed by atoms with Crippen molar-refractivity contribution in [2.24, 2.45) is 5.92 Å². The summed E-state index contributed by atoms with van der Waals surface area (Å²) in [6.07, 6.45) is 10.0. The summed E-state index contributed by atoms with van der Waals surface area (Å²) in [4.78, 5) is 0. The van der Waals surface area contributed by atoms with Gasteiger partial charge in [0.25, 0.3) is 0 Å². The molecule has 20 heavy (non-hydrogen) atoms. The zero-order chi connectivity index (χ0) is 14.8. The fraction of sp³-hybridized carbons (Fsp3) is 1.00. The minimum absolute atomic E-state index is 0.116. The van der Waals surface area contributed by atoms with Crippen molar-refractivity contribution < 1.29 is 9.84 Å². The lowest BCUT2D eigenvalue weighted by Gasteiger charge is -2.29. The van der Waals surface area contributed by atoms with Crippen molar-refractivity contribution in [3.63, 3.8) is 0 Å². The van der Waals surface area contributed by atoms with Crippen molar-refractivity contribution in [3.8, 4) is 0 Å². The zero-order valence-electron chi connectivity index (χ0n) is 13.8. The molecular weight excluding hydrogens is 250 g/mol. The number of ether oxygens (including phenoxy) is 1. The van der Waals surface area contributed by atoms with E-state index < -0.39 is 0 Å². The van der Waals surface area contributed by atoms with E-state index in [9.17, 15) is 5.11 Å². The van der Waals surface area contributed by atoms with Gasteiger partial charge >= 0.3 is 0 Å². The van der Waals surface area contributed by atoms with Crippen molar-refractivity contribution in [1.82, 2.24) is 5.32 Å². The van der Waals surface area contributed by atoms with E-state index in [0.717, 1.165) is 44.8 Å². The molecule has 1 fully saturated rings. The number of hydrogen-bond donors (Lipinski definition) is 2. The topological polar surface area (TPSA) is 41.5 Å². The molecule has 3 nitrogen and oxygen atoms in total. The van der Waals surface area contributed by atoms with Crippen LogP contribution in [0.25, 0.3) is 0 Å². The van der Waals surface area contributed by atoms with Gasteiger partial charge in [-0.2, -0.15) is 0 Å². The fourth-order valence-corrected chi connectivity index (χ4v) is 3.05. The fourth-order valence-electron chi connectivity index (χ4n) is 3.05. The molecule has 1 saturated carbocycles. The molecule has 0 heterocycles. The molecule has 0 aliphatic heterocycles. The van der Waals surface area contributed by atoms with Crippen LogP contribution in [0.5, 0.6) is 0 Å². The molecule has 1 aliphatic rings. The molecule has 0 saturated heterocycles. The van der Waals surface area contributed by atoms with Crippen LogP contribution >= 0.6 is 0 Å².